The van der Waals surface area contributed by atoms with Crippen LogP contribution in [-0.2, 0) is 9.59 Å². The first-order valence-electron chi connectivity index (χ1n) is 8.89. The smallest absolute Gasteiger partial charge is 0.229 e. The Morgan fingerprint density at radius 3 is 2.54 bits per heavy atom. The lowest BCUT2D eigenvalue weighted by Gasteiger charge is -2.18. The zero-order valence-corrected chi connectivity index (χ0v) is 15.4. The van der Waals surface area contributed by atoms with E-state index in [4.69, 9.17) is 4.74 Å². The zero-order chi connectivity index (χ0) is 18.7. The first-order chi connectivity index (χ1) is 12.5. The first-order valence-corrected chi connectivity index (χ1v) is 8.89. The minimum atomic E-state index is -0.351. The van der Waals surface area contributed by atoms with E-state index in [1.165, 1.54) is 5.56 Å². The first kappa shape index (κ1) is 18.0. The van der Waals surface area contributed by atoms with E-state index in [0.29, 0.717) is 18.8 Å². The summed E-state index contributed by atoms with van der Waals surface area (Å²) in [4.78, 5) is 26.6. The van der Waals surface area contributed by atoms with Crippen LogP contribution in [0.15, 0.2) is 42.5 Å². The molecule has 3 rings (SSSR count). The highest BCUT2D eigenvalue weighted by Gasteiger charge is 2.35. The Morgan fingerprint density at radius 2 is 1.88 bits per heavy atom. The minimum Gasteiger partial charge on any atom is -0.494 e. The molecule has 1 N–H and O–H groups in total. The van der Waals surface area contributed by atoms with E-state index in [2.05, 4.69) is 5.32 Å². The molecule has 0 radical (unpaired) electrons. The number of benzene rings is 2. The van der Waals surface area contributed by atoms with Gasteiger partial charge in [-0.1, -0.05) is 6.07 Å². The summed E-state index contributed by atoms with van der Waals surface area (Å²) in [5.74, 6) is 0.270. The normalized spacial score (nSPS) is 16.7. The molecule has 2 aromatic rings. The number of anilines is 2. The number of rotatable bonds is 5. The van der Waals surface area contributed by atoms with Crippen LogP contribution in [0.2, 0.25) is 0 Å². The van der Waals surface area contributed by atoms with Gasteiger partial charge in [-0.2, -0.15) is 0 Å². The lowest BCUT2D eigenvalue weighted by molar-refractivity contribution is -0.122. The van der Waals surface area contributed by atoms with Crippen LogP contribution in [0.25, 0.3) is 0 Å². The minimum absolute atomic E-state index is 0.0138. The Kier molecular flexibility index (Phi) is 5.26. The van der Waals surface area contributed by atoms with Crippen molar-refractivity contribution in [1.82, 2.24) is 0 Å². The quantitative estimate of drug-likeness (QED) is 0.893. The molecule has 5 nitrogen and oxygen atoms in total. The molecule has 1 aliphatic heterocycles. The Labute approximate surface area is 154 Å². The third-order valence-electron chi connectivity index (χ3n) is 4.73. The van der Waals surface area contributed by atoms with E-state index < -0.39 is 0 Å². The molecule has 0 saturated carbocycles. The molecule has 5 heteroatoms. The van der Waals surface area contributed by atoms with Crippen LogP contribution < -0.4 is 15.0 Å². The number of carbonyl (C=O) groups is 2. The van der Waals surface area contributed by atoms with E-state index in [9.17, 15) is 9.59 Å². The van der Waals surface area contributed by atoms with Crippen LogP contribution in [-0.4, -0.2) is 25.0 Å². The largest absolute Gasteiger partial charge is 0.494 e. The summed E-state index contributed by atoms with van der Waals surface area (Å²) in [5.41, 5.74) is 3.88. The Balaban J connectivity index is 1.65. The number of hydrogen-bond acceptors (Lipinski definition) is 3. The second-order valence-electron chi connectivity index (χ2n) is 6.62. The molecule has 2 amide bonds. The summed E-state index contributed by atoms with van der Waals surface area (Å²) in [6.45, 7) is 7.00. The summed E-state index contributed by atoms with van der Waals surface area (Å²) in [5, 5.41) is 2.89. The number of nitrogens with one attached hydrogen (secondary N) is 1. The fourth-order valence-electron chi connectivity index (χ4n) is 3.07. The molecule has 2 aromatic carbocycles. The average Bonchev–Trinajstić information content (AvgIpc) is 3.01. The number of aryl methyl sites for hydroxylation is 2. The predicted molar refractivity (Wildman–Crippen MR) is 103 cm³/mol. The van der Waals surface area contributed by atoms with Crippen LogP contribution in [0.4, 0.5) is 11.4 Å². The molecule has 0 unspecified atom stereocenters. The maximum atomic E-state index is 12.5. The van der Waals surface area contributed by atoms with Gasteiger partial charge >= 0.3 is 0 Å². The lowest BCUT2D eigenvalue weighted by Crippen LogP contribution is -2.28. The summed E-state index contributed by atoms with van der Waals surface area (Å²) in [6.07, 6.45) is 0.232. The molecule has 1 heterocycles. The number of amides is 2. The van der Waals surface area contributed by atoms with Crippen molar-refractivity contribution in [3.05, 3.63) is 53.6 Å². The van der Waals surface area contributed by atoms with Gasteiger partial charge in [0.15, 0.2) is 0 Å². The summed E-state index contributed by atoms with van der Waals surface area (Å²) < 4.78 is 5.40. The fraction of sp³-hybridized carbons (Fsp3) is 0.333. The highest BCUT2D eigenvalue weighted by Crippen LogP contribution is 2.27. The van der Waals surface area contributed by atoms with Crippen molar-refractivity contribution in [2.45, 2.75) is 27.2 Å². The molecular weight excluding hydrogens is 328 g/mol. The topological polar surface area (TPSA) is 58.6 Å². The molecule has 1 atom stereocenters. The van der Waals surface area contributed by atoms with E-state index in [-0.39, 0.29) is 24.2 Å². The summed E-state index contributed by atoms with van der Waals surface area (Å²) >= 11 is 0. The maximum Gasteiger partial charge on any atom is 0.229 e. The Bertz CT molecular complexity index is 815. The SMILES string of the molecule is CCOc1ccc(NC(=O)[C@@H]2CC(=O)N(c3ccc(C)c(C)c3)C2)cc1. The van der Waals surface area contributed by atoms with Crippen molar-refractivity contribution in [1.29, 1.82) is 0 Å². The average molecular weight is 352 g/mol. The van der Waals surface area contributed by atoms with Crippen molar-refractivity contribution in [3.8, 4) is 5.75 Å². The third kappa shape index (κ3) is 3.87. The highest BCUT2D eigenvalue weighted by molar-refractivity contribution is 6.03. The van der Waals surface area contributed by atoms with Crippen molar-refractivity contribution in [2.75, 3.05) is 23.4 Å². The summed E-state index contributed by atoms with van der Waals surface area (Å²) in [6, 6.07) is 13.2. The molecule has 26 heavy (non-hydrogen) atoms. The second kappa shape index (κ2) is 7.60. The van der Waals surface area contributed by atoms with Crippen LogP contribution >= 0.6 is 0 Å². The van der Waals surface area contributed by atoms with Gasteiger partial charge in [-0.15, -0.1) is 0 Å². The third-order valence-corrected chi connectivity index (χ3v) is 4.73. The van der Waals surface area contributed by atoms with Gasteiger partial charge in [0.05, 0.1) is 12.5 Å². The molecule has 1 aliphatic rings. The standard InChI is InChI=1S/C21H24N2O3/c1-4-26-19-9-6-17(7-10-19)22-21(25)16-12-20(24)23(13-16)18-8-5-14(2)15(3)11-18/h5-11,16H,4,12-13H2,1-3H3,(H,22,25)/t16-/m1/s1. The number of ether oxygens (including phenoxy) is 1. The molecule has 1 fully saturated rings. The van der Waals surface area contributed by atoms with Gasteiger partial charge in [0.1, 0.15) is 5.75 Å². The maximum absolute atomic E-state index is 12.5. The van der Waals surface area contributed by atoms with Crippen molar-refractivity contribution < 1.29 is 14.3 Å². The number of carbonyl (C=O) groups excluding carboxylic acids is 2. The van der Waals surface area contributed by atoms with Crippen molar-refractivity contribution >= 4 is 23.2 Å². The molecule has 0 aromatic heterocycles. The van der Waals surface area contributed by atoms with Gasteiger partial charge in [-0.25, -0.2) is 0 Å². The molecule has 0 bridgehead atoms. The van der Waals surface area contributed by atoms with Crippen molar-refractivity contribution in [3.63, 3.8) is 0 Å². The van der Waals surface area contributed by atoms with E-state index >= 15 is 0 Å². The summed E-state index contributed by atoms with van der Waals surface area (Å²) in [7, 11) is 0. The molecule has 1 saturated heterocycles. The van der Waals surface area contributed by atoms with Crippen molar-refractivity contribution in [2.24, 2.45) is 5.92 Å². The Hall–Kier alpha value is -2.82. The second-order valence-corrected chi connectivity index (χ2v) is 6.62. The molecular formula is C21H24N2O3. The number of nitrogens with zero attached hydrogens (tertiary/aromatic N) is 1. The van der Waals surface area contributed by atoms with Crippen LogP contribution in [0.1, 0.15) is 24.5 Å². The monoisotopic (exact) mass is 352 g/mol. The van der Waals surface area contributed by atoms with Gasteiger partial charge < -0.3 is 15.0 Å². The van der Waals surface area contributed by atoms with Gasteiger partial charge in [-0.3, -0.25) is 9.59 Å². The van der Waals surface area contributed by atoms with Crippen LogP contribution in [0.5, 0.6) is 5.75 Å². The van der Waals surface area contributed by atoms with Gasteiger partial charge in [0.2, 0.25) is 11.8 Å². The molecule has 0 spiro atoms. The van der Waals surface area contributed by atoms with Gasteiger partial charge in [0.25, 0.3) is 0 Å². The van der Waals surface area contributed by atoms with E-state index in [1.54, 1.807) is 17.0 Å². The van der Waals surface area contributed by atoms with E-state index in [0.717, 1.165) is 17.0 Å². The predicted octanol–water partition coefficient (Wildman–Crippen LogP) is 3.69. The lowest BCUT2D eigenvalue weighted by atomic mass is 10.1. The Morgan fingerprint density at radius 1 is 1.15 bits per heavy atom. The highest BCUT2D eigenvalue weighted by atomic mass is 16.5. The van der Waals surface area contributed by atoms with Crippen LogP contribution in [0, 0.1) is 19.8 Å². The van der Waals surface area contributed by atoms with Gasteiger partial charge in [-0.05, 0) is 68.3 Å². The van der Waals surface area contributed by atoms with Crippen LogP contribution in [0.3, 0.4) is 0 Å². The molecule has 136 valence electrons. The van der Waals surface area contributed by atoms with Gasteiger partial charge in [0, 0.05) is 24.3 Å². The zero-order valence-electron chi connectivity index (χ0n) is 15.4. The number of hydrogen-bond donors (Lipinski definition) is 1. The fourth-order valence-corrected chi connectivity index (χ4v) is 3.07. The van der Waals surface area contributed by atoms with E-state index in [1.807, 2.05) is 51.1 Å². The molecule has 0 aliphatic carbocycles.